The highest BCUT2D eigenvalue weighted by Gasteiger charge is 2.09. The van der Waals surface area contributed by atoms with Gasteiger partial charge >= 0.3 is 0 Å². The maximum atomic E-state index is 13.8. The van der Waals surface area contributed by atoms with Crippen molar-refractivity contribution in [3.05, 3.63) is 84.2 Å². The van der Waals surface area contributed by atoms with E-state index in [4.69, 9.17) is 4.74 Å². The summed E-state index contributed by atoms with van der Waals surface area (Å²) in [5.74, 6) is 1.57. The van der Waals surface area contributed by atoms with Gasteiger partial charge in [-0.2, -0.15) is 5.10 Å². The van der Waals surface area contributed by atoms with Crippen LogP contribution in [0.5, 0.6) is 5.75 Å². The highest BCUT2D eigenvalue weighted by atomic mass is 19.1. The number of benzene rings is 3. The molecule has 0 atom stereocenters. The second kappa shape index (κ2) is 8.69. The van der Waals surface area contributed by atoms with Crippen LogP contribution in [-0.2, 0) is 0 Å². The van der Waals surface area contributed by atoms with Gasteiger partial charge in [-0.15, -0.1) is 0 Å². The predicted molar refractivity (Wildman–Crippen MR) is 118 cm³/mol. The maximum Gasteiger partial charge on any atom is 0.162 e. The van der Waals surface area contributed by atoms with Gasteiger partial charge in [-0.05, 0) is 56.3 Å². The molecular weight excluding hydrogens is 379 g/mol. The number of hydrazone groups is 1. The summed E-state index contributed by atoms with van der Waals surface area (Å²) in [4.78, 5) is 9.32. The van der Waals surface area contributed by atoms with Crippen LogP contribution in [0.4, 0.5) is 10.2 Å². The fourth-order valence-corrected chi connectivity index (χ4v) is 2.99. The van der Waals surface area contributed by atoms with Crippen LogP contribution in [-0.4, -0.2) is 22.3 Å². The second-order valence-electron chi connectivity index (χ2n) is 7.00. The molecule has 0 spiro atoms. The highest BCUT2D eigenvalue weighted by Crippen LogP contribution is 2.26. The van der Waals surface area contributed by atoms with Gasteiger partial charge in [0.25, 0.3) is 0 Å². The average molecular weight is 400 g/mol. The van der Waals surface area contributed by atoms with Crippen LogP contribution in [0, 0.1) is 5.82 Å². The summed E-state index contributed by atoms with van der Waals surface area (Å²) in [6, 6.07) is 21.8. The molecule has 0 amide bonds. The van der Waals surface area contributed by atoms with Crippen molar-refractivity contribution >= 4 is 22.9 Å². The standard InChI is InChI=1S/C24H21FN4O/c1-16(2)30-19-13-11-17(12-14-19)23-27-22-10-6-4-8-20(22)24(28-23)29-26-15-18-7-3-5-9-21(18)25/h3-16H,1-2H3,(H,27,28,29)/b26-15-. The second-order valence-corrected chi connectivity index (χ2v) is 7.00. The minimum atomic E-state index is -0.333. The Morgan fingerprint density at radius 2 is 1.67 bits per heavy atom. The van der Waals surface area contributed by atoms with Gasteiger partial charge in [-0.3, -0.25) is 5.43 Å². The number of fused-ring (bicyclic) bond motifs is 1. The van der Waals surface area contributed by atoms with Gasteiger partial charge in [0.1, 0.15) is 11.6 Å². The molecule has 3 aromatic carbocycles. The van der Waals surface area contributed by atoms with Gasteiger partial charge in [0.05, 0.1) is 17.8 Å². The van der Waals surface area contributed by atoms with Crippen LogP contribution in [0.2, 0.25) is 0 Å². The number of hydrogen-bond acceptors (Lipinski definition) is 5. The smallest absolute Gasteiger partial charge is 0.162 e. The Kier molecular flexibility index (Phi) is 5.66. The Bertz CT molecular complexity index is 1190. The van der Waals surface area contributed by atoms with Crippen LogP contribution >= 0.6 is 0 Å². The number of nitrogens with zero attached hydrogens (tertiary/aromatic N) is 3. The molecule has 6 heteroatoms. The number of para-hydroxylation sites is 1. The summed E-state index contributed by atoms with van der Waals surface area (Å²) in [6.07, 6.45) is 1.54. The van der Waals surface area contributed by atoms with E-state index in [0.717, 1.165) is 22.2 Å². The average Bonchev–Trinajstić information content (AvgIpc) is 2.75. The zero-order chi connectivity index (χ0) is 20.9. The van der Waals surface area contributed by atoms with Gasteiger partial charge in [0.2, 0.25) is 0 Å². The zero-order valence-corrected chi connectivity index (χ0v) is 16.7. The molecule has 30 heavy (non-hydrogen) atoms. The summed E-state index contributed by atoms with van der Waals surface area (Å²) in [6.45, 7) is 3.97. The van der Waals surface area contributed by atoms with Crippen molar-refractivity contribution in [2.75, 3.05) is 5.43 Å². The maximum absolute atomic E-state index is 13.8. The van der Waals surface area contributed by atoms with Crippen molar-refractivity contribution in [2.45, 2.75) is 20.0 Å². The molecule has 1 heterocycles. The van der Waals surface area contributed by atoms with Gasteiger partial charge < -0.3 is 4.74 Å². The molecule has 0 saturated heterocycles. The van der Waals surface area contributed by atoms with Gasteiger partial charge in [-0.25, -0.2) is 14.4 Å². The zero-order valence-electron chi connectivity index (χ0n) is 16.7. The van der Waals surface area contributed by atoms with Crippen LogP contribution in [0.1, 0.15) is 19.4 Å². The molecule has 1 N–H and O–H groups in total. The molecule has 0 aliphatic carbocycles. The van der Waals surface area contributed by atoms with Crippen LogP contribution in [0.3, 0.4) is 0 Å². The third-order valence-corrected chi connectivity index (χ3v) is 4.37. The van der Waals surface area contributed by atoms with E-state index in [1.807, 2.05) is 62.4 Å². The lowest BCUT2D eigenvalue weighted by Crippen LogP contribution is -2.05. The minimum absolute atomic E-state index is 0.107. The molecule has 4 aromatic rings. The Morgan fingerprint density at radius 1 is 0.933 bits per heavy atom. The van der Waals surface area contributed by atoms with E-state index in [9.17, 15) is 4.39 Å². The van der Waals surface area contributed by atoms with Gasteiger partial charge in [0, 0.05) is 16.5 Å². The molecule has 0 bridgehead atoms. The van der Waals surface area contributed by atoms with Crippen molar-refractivity contribution in [1.29, 1.82) is 0 Å². The van der Waals surface area contributed by atoms with E-state index >= 15 is 0 Å². The van der Waals surface area contributed by atoms with E-state index in [-0.39, 0.29) is 11.9 Å². The first kappa shape index (κ1) is 19.5. The summed E-state index contributed by atoms with van der Waals surface area (Å²) < 4.78 is 19.5. The minimum Gasteiger partial charge on any atom is -0.491 e. The largest absolute Gasteiger partial charge is 0.491 e. The molecule has 5 nitrogen and oxygen atoms in total. The molecule has 4 rings (SSSR count). The lowest BCUT2D eigenvalue weighted by molar-refractivity contribution is 0.242. The summed E-state index contributed by atoms with van der Waals surface area (Å²) >= 11 is 0. The van der Waals surface area contributed by atoms with Crippen LogP contribution in [0.15, 0.2) is 77.9 Å². The SMILES string of the molecule is CC(C)Oc1ccc(-c2nc(N/N=C\c3ccccc3F)c3ccccc3n2)cc1. The Labute approximate surface area is 174 Å². The highest BCUT2D eigenvalue weighted by molar-refractivity contribution is 5.91. The third-order valence-electron chi connectivity index (χ3n) is 4.37. The Morgan fingerprint density at radius 3 is 2.43 bits per heavy atom. The predicted octanol–water partition coefficient (Wildman–Crippen LogP) is 5.67. The van der Waals surface area contributed by atoms with Crippen molar-refractivity contribution in [3.63, 3.8) is 0 Å². The molecule has 0 aliphatic heterocycles. The fourth-order valence-electron chi connectivity index (χ4n) is 2.99. The van der Waals surface area contributed by atoms with E-state index in [1.54, 1.807) is 18.2 Å². The number of nitrogens with one attached hydrogen (secondary N) is 1. The number of rotatable bonds is 6. The summed E-state index contributed by atoms with van der Waals surface area (Å²) in [7, 11) is 0. The fraction of sp³-hybridized carbons (Fsp3) is 0.125. The molecule has 0 fully saturated rings. The van der Waals surface area contributed by atoms with Crippen LogP contribution in [0.25, 0.3) is 22.3 Å². The van der Waals surface area contributed by atoms with Crippen LogP contribution < -0.4 is 10.2 Å². The van der Waals surface area contributed by atoms with Gasteiger partial charge in [-0.1, -0.05) is 30.3 Å². The molecule has 150 valence electrons. The third kappa shape index (κ3) is 4.43. The monoisotopic (exact) mass is 400 g/mol. The molecule has 0 radical (unpaired) electrons. The topological polar surface area (TPSA) is 59.4 Å². The van der Waals surface area contributed by atoms with E-state index in [0.29, 0.717) is 17.2 Å². The van der Waals surface area contributed by atoms with Crippen molar-refractivity contribution < 1.29 is 9.13 Å². The first-order valence-electron chi connectivity index (χ1n) is 9.67. The first-order valence-corrected chi connectivity index (χ1v) is 9.67. The summed E-state index contributed by atoms with van der Waals surface area (Å²) in [5.41, 5.74) is 4.98. The van der Waals surface area contributed by atoms with Crippen molar-refractivity contribution in [1.82, 2.24) is 9.97 Å². The Balaban J connectivity index is 1.66. The normalized spacial score (nSPS) is 11.3. The number of anilines is 1. The van der Waals surface area contributed by atoms with Crippen molar-refractivity contribution in [2.24, 2.45) is 5.10 Å². The quantitative estimate of drug-likeness (QED) is 0.335. The lowest BCUT2D eigenvalue weighted by Gasteiger charge is -2.11. The van der Waals surface area contributed by atoms with E-state index in [2.05, 4.69) is 20.5 Å². The number of aromatic nitrogens is 2. The molecule has 1 aromatic heterocycles. The van der Waals surface area contributed by atoms with E-state index < -0.39 is 0 Å². The molecule has 0 unspecified atom stereocenters. The number of ether oxygens (including phenoxy) is 1. The summed E-state index contributed by atoms with van der Waals surface area (Å²) in [5, 5.41) is 5.00. The molecule has 0 aliphatic rings. The molecule has 0 saturated carbocycles. The van der Waals surface area contributed by atoms with E-state index in [1.165, 1.54) is 12.3 Å². The number of hydrogen-bond donors (Lipinski definition) is 1. The Hall–Kier alpha value is -3.80. The number of halogens is 1. The lowest BCUT2D eigenvalue weighted by atomic mass is 10.1. The molecular formula is C24H21FN4O. The first-order chi connectivity index (χ1) is 14.6. The van der Waals surface area contributed by atoms with Crippen molar-refractivity contribution in [3.8, 4) is 17.1 Å². The van der Waals surface area contributed by atoms with Gasteiger partial charge in [0.15, 0.2) is 11.6 Å².